The molecule has 2 rings (SSSR count). The number of nitrogens with zero attached hydrogens (tertiary/aromatic N) is 2. The van der Waals surface area contributed by atoms with Crippen LogP contribution in [-0.2, 0) is 4.74 Å². The number of anilines is 1. The van der Waals surface area contributed by atoms with Crippen LogP contribution in [0.25, 0.3) is 0 Å². The molecule has 3 N–H and O–H groups in total. The minimum Gasteiger partial charge on any atom is -0.393 e. The molecule has 2 heterocycles. The fourth-order valence-corrected chi connectivity index (χ4v) is 1.85. The second kappa shape index (κ2) is 4.08. The summed E-state index contributed by atoms with van der Waals surface area (Å²) in [4.78, 5) is 14.9. The zero-order chi connectivity index (χ0) is 12.6. The summed E-state index contributed by atoms with van der Waals surface area (Å²) in [5.41, 5.74) is 3.84. The van der Waals surface area contributed by atoms with Crippen molar-refractivity contribution in [3.8, 4) is 0 Å². The molecule has 0 aromatic carbocycles. The highest BCUT2D eigenvalue weighted by Gasteiger charge is 2.37. The van der Waals surface area contributed by atoms with Crippen molar-refractivity contribution < 1.29 is 14.2 Å². The van der Waals surface area contributed by atoms with Gasteiger partial charge in [0.05, 0.1) is 18.4 Å². The molecule has 0 amide bonds. The number of rotatable bonds is 2. The van der Waals surface area contributed by atoms with Gasteiger partial charge in [-0.2, -0.15) is 4.98 Å². The highest BCUT2D eigenvalue weighted by Crippen LogP contribution is 2.35. The summed E-state index contributed by atoms with van der Waals surface area (Å²) < 4.78 is 19.8. The first kappa shape index (κ1) is 12.0. The zero-order valence-electron chi connectivity index (χ0n) is 9.39. The number of hydrogen-bond acceptors (Lipinski definition) is 5. The van der Waals surface area contributed by atoms with Crippen molar-refractivity contribution in [1.82, 2.24) is 9.55 Å². The molecular weight excluding hydrogens is 229 g/mol. The van der Waals surface area contributed by atoms with Crippen LogP contribution >= 0.6 is 0 Å². The minimum atomic E-state index is -0.759. The first-order valence-electron chi connectivity index (χ1n) is 5.28. The van der Waals surface area contributed by atoms with Crippen LogP contribution in [0, 0.1) is 5.82 Å². The zero-order valence-corrected chi connectivity index (χ0v) is 9.39. The number of nitrogen functional groups attached to an aromatic ring is 1. The SMILES string of the molecule is C[C@@]1(CO)CCC(n2cc(F)c(N)nc2=O)O1. The predicted octanol–water partition coefficient (Wildman–Crippen LogP) is 0.0246. The second-order valence-electron chi connectivity index (χ2n) is 4.38. The minimum absolute atomic E-state index is 0.150. The standard InChI is InChI=1S/C10H14FN3O3/c1-10(5-15)3-2-7(17-10)14-4-6(11)8(12)13-9(14)16/h4,7,15H,2-3,5H2,1H3,(H2,12,13,16)/t7?,10-/m0/s1. The van der Waals surface area contributed by atoms with Crippen molar-refractivity contribution >= 4 is 5.82 Å². The third-order valence-electron chi connectivity index (χ3n) is 2.92. The summed E-state index contributed by atoms with van der Waals surface area (Å²) in [5, 5.41) is 9.14. The number of aliphatic hydroxyl groups excluding tert-OH is 1. The fraction of sp³-hybridized carbons (Fsp3) is 0.600. The monoisotopic (exact) mass is 243 g/mol. The van der Waals surface area contributed by atoms with Crippen LogP contribution in [0.5, 0.6) is 0 Å². The van der Waals surface area contributed by atoms with Crippen LogP contribution in [-0.4, -0.2) is 26.9 Å². The van der Waals surface area contributed by atoms with Gasteiger partial charge in [-0.05, 0) is 19.8 Å². The van der Waals surface area contributed by atoms with Gasteiger partial charge in [0.25, 0.3) is 0 Å². The van der Waals surface area contributed by atoms with E-state index in [4.69, 9.17) is 15.6 Å². The predicted molar refractivity (Wildman–Crippen MR) is 57.7 cm³/mol. The molecule has 0 bridgehead atoms. The highest BCUT2D eigenvalue weighted by atomic mass is 19.1. The van der Waals surface area contributed by atoms with Gasteiger partial charge in [-0.25, -0.2) is 9.18 Å². The van der Waals surface area contributed by atoms with E-state index in [1.165, 1.54) is 0 Å². The summed E-state index contributed by atoms with van der Waals surface area (Å²) in [6.45, 7) is 1.59. The number of ether oxygens (including phenoxy) is 1. The van der Waals surface area contributed by atoms with E-state index in [9.17, 15) is 9.18 Å². The van der Waals surface area contributed by atoms with Crippen molar-refractivity contribution in [3.63, 3.8) is 0 Å². The van der Waals surface area contributed by atoms with E-state index in [1.54, 1.807) is 6.92 Å². The Kier molecular flexibility index (Phi) is 2.88. The second-order valence-corrected chi connectivity index (χ2v) is 4.38. The van der Waals surface area contributed by atoms with Gasteiger partial charge in [0, 0.05) is 0 Å². The smallest absolute Gasteiger partial charge is 0.351 e. The third-order valence-corrected chi connectivity index (χ3v) is 2.92. The molecule has 0 aliphatic carbocycles. The summed E-state index contributed by atoms with van der Waals surface area (Å²) in [6, 6.07) is 0. The van der Waals surface area contributed by atoms with Gasteiger partial charge < -0.3 is 15.6 Å². The van der Waals surface area contributed by atoms with Gasteiger partial charge in [-0.1, -0.05) is 0 Å². The maximum atomic E-state index is 13.2. The lowest BCUT2D eigenvalue weighted by molar-refractivity contribution is -0.0883. The molecule has 6 nitrogen and oxygen atoms in total. The fourth-order valence-electron chi connectivity index (χ4n) is 1.85. The molecule has 1 unspecified atom stereocenters. The summed E-state index contributed by atoms with van der Waals surface area (Å²) in [7, 11) is 0. The Morgan fingerprint density at radius 3 is 3.12 bits per heavy atom. The van der Waals surface area contributed by atoms with Crippen LogP contribution in [0.15, 0.2) is 11.0 Å². The van der Waals surface area contributed by atoms with E-state index in [1.807, 2.05) is 0 Å². The van der Waals surface area contributed by atoms with Gasteiger partial charge >= 0.3 is 5.69 Å². The maximum Gasteiger partial charge on any atom is 0.351 e. The third kappa shape index (κ3) is 2.16. The molecule has 0 radical (unpaired) electrons. The molecule has 1 aliphatic heterocycles. The number of hydrogen-bond donors (Lipinski definition) is 2. The Hall–Kier alpha value is -1.47. The molecule has 1 aliphatic rings. The Bertz CT molecular complexity index is 490. The molecule has 1 saturated heterocycles. The van der Waals surface area contributed by atoms with Crippen LogP contribution in [0.4, 0.5) is 10.2 Å². The van der Waals surface area contributed by atoms with E-state index >= 15 is 0 Å². The largest absolute Gasteiger partial charge is 0.393 e. The van der Waals surface area contributed by atoms with E-state index in [0.29, 0.717) is 12.8 Å². The molecule has 1 aromatic heterocycles. The summed E-state index contributed by atoms with van der Waals surface area (Å²) in [6.07, 6.45) is 1.48. The lowest BCUT2D eigenvalue weighted by Gasteiger charge is -2.22. The van der Waals surface area contributed by atoms with Crippen LogP contribution < -0.4 is 11.4 Å². The van der Waals surface area contributed by atoms with E-state index < -0.39 is 29.2 Å². The molecule has 1 aromatic rings. The van der Waals surface area contributed by atoms with Crippen LogP contribution in [0.2, 0.25) is 0 Å². The van der Waals surface area contributed by atoms with E-state index in [2.05, 4.69) is 4.98 Å². The van der Waals surface area contributed by atoms with E-state index in [0.717, 1.165) is 10.8 Å². The maximum absolute atomic E-state index is 13.2. The molecule has 7 heteroatoms. The topological polar surface area (TPSA) is 90.4 Å². The van der Waals surface area contributed by atoms with Gasteiger partial charge in [-0.15, -0.1) is 0 Å². The molecule has 0 saturated carbocycles. The van der Waals surface area contributed by atoms with Gasteiger partial charge in [0.15, 0.2) is 11.6 Å². The lowest BCUT2D eigenvalue weighted by Crippen LogP contribution is -2.32. The molecule has 0 spiro atoms. The summed E-state index contributed by atoms with van der Waals surface area (Å²) in [5.74, 6) is -1.18. The van der Waals surface area contributed by atoms with Crippen molar-refractivity contribution in [2.45, 2.75) is 31.6 Å². The quantitative estimate of drug-likeness (QED) is 0.764. The highest BCUT2D eigenvalue weighted by molar-refractivity contribution is 5.26. The molecule has 2 atom stereocenters. The molecule has 94 valence electrons. The van der Waals surface area contributed by atoms with E-state index in [-0.39, 0.29) is 6.61 Å². The van der Waals surface area contributed by atoms with Crippen molar-refractivity contribution in [1.29, 1.82) is 0 Å². The van der Waals surface area contributed by atoms with Gasteiger partial charge in [0.2, 0.25) is 0 Å². The average Bonchev–Trinajstić information content (AvgIpc) is 2.67. The first-order valence-corrected chi connectivity index (χ1v) is 5.28. The Balaban J connectivity index is 2.31. The number of aliphatic hydroxyl groups is 1. The number of aromatic nitrogens is 2. The first-order chi connectivity index (χ1) is 7.95. The van der Waals surface area contributed by atoms with Gasteiger partial charge in [0.1, 0.15) is 6.23 Å². The van der Waals surface area contributed by atoms with Gasteiger partial charge in [-0.3, -0.25) is 4.57 Å². The number of halogens is 1. The lowest BCUT2D eigenvalue weighted by atomic mass is 10.0. The normalized spacial score (nSPS) is 28.5. The van der Waals surface area contributed by atoms with Crippen LogP contribution in [0.1, 0.15) is 26.0 Å². The van der Waals surface area contributed by atoms with Crippen molar-refractivity contribution in [3.05, 3.63) is 22.5 Å². The van der Waals surface area contributed by atoms with Crippen molar-refractivity contribution in [2.75, 3.05) is 12.3 Å². The summed E-state index contributed by atoms with van der Waals surface area (Å²) >= 11 is 0. The Morgan fingerprint density at radius 1 is 1.82 bits per heavy atom. The average molecular weight is 243 g/mol. The molecule has 17 heavy (non-hydrogen) atoms. The van der Waals surface area contributed by atoms with Crippen LogP contribution in [0.3, 0.4) is 0 Å². The number of nitrogens with two attached hydrogens (primary N) is 1. The van der Waals surface area contributed by atoms with Crippen molar-refractivity contribution in [2.24, 2.45) is 0 Å². The Labute approximate surface area is 96.8 Å². The Morgan fingerprint density at radius 2 is 2.53 bits per heavy atom. The molecular formula is C10H14FN3O3. The molecule has 1 fully saturated rings.